The first kappa shape index (κ1) is 15.2. The first-order chi connectivity index (χ1) is 11.1. The van der Waals surface area contributed by atoms with Gasteiger partial charge in [0.05, 0.1) is 5.56 Å². The Bertz CT molecular complexity index is 799. The van der Waals surface area contributed by atoms with Crippen molar-refractivity contribution in [1.82, 2.24) is 19.9 Å². The first-order valence-corrected chi connectivity index (χ1v) is 7.46. The molecular formula is C17H15ClN4O. The number of benzene rings is 1. The summed E-state index contributed by atoms with van der Waals surface area (Å²) in [7, 11) is 1.89. The number of imidazole rings is 1. The minimum Gasteiger partial charge on any atom is -0.338 e. The zero-order valence-corrected chi connectivity index (χ0v) is 13.2. The molecule has 1 atom stereocenters. The number of carbonyl (C=O) groups is 1. The summed E-state index contributed by atoms with van der Waals surface area (Å²) in [6.45, 7) is 0. The Labute approximate surface area is 139 Å². The molecule has 5 nitrogen and oxygen atoms in total. The molecule has 1 amide bonds. The van der Waals surface area contributed by atoms with Crippen LogP contribution >= 0.6 is 11.6 Å². The average Bonchev–Trinajstić information content (AvgIpc) is 3.00. The molecule has 0 radical (unpaired) electrons. The minimum atomic E-state index is -0.375. The fourth-order valence-electron chi connectivity index (χ4n) is 2.32. The molecular weight excluding hydrogens is 312 g/mol. The normalized spacial score (nSPS) is 11.9. The molecule has 1 N–H and O–H groups in total. The predicted octanol–water partition coefficient (Wildman–Crippen LogP) is 2.99. The smallest absolute Gasteiger partial charge is 0.253 e. The number of amides is 1. The monoisotopic (exact) mass is 326 g/mol. The van der Waals surface area contributed by atoms with Gasteiger partial charge in [0.15, 0.2) is 0 Å². The number of pyridine rings is 1. The van der Waals surface area contributed by atoms with E-state index in [9.17, 15) is 4.79 Å². The van der Waals surface area contributed by atoms with E-state index in [-0.39, 0.29) is 11.9 Å². The maximum atomic E-state index is 12.5. The Hall–Kier alpha value is -2.66. The van der Waals surface area contributed by atoms with Gasteiger partial charge >= 0.3 is 0 Å². The molecule has 2 heterocycles. The SMILES string of the molecule is Cn1ccnc1[C@@H](NC(=O)c1cccnc1)c1ccc(Cl)cc1. The van der Waals surface area contributed by atoms with Gasteiger partial charge < -0.3 is 9.88 Å². The highest BCUT2D eigenvalue weighted by molar-refractivity contribution is 6.30. The molecule has 0 saturated carbocycles. The highest BCUT2D eigenvalue weighted by atomic mass is 35.5. The zero-order valence-electron chi connectivity index (χ0n) is 12.5. The number of nitrogens with one attached hydrogen (secondary N) is 1. The molecule has 1 aromatic carbocycles. The fourth-order valence-corrected chi connectivity index (χ4v) is 2.44. The molecule has 3 rings (SSSR count). The number of hydrogen-bond acceptors (Lipinski definition) is 3. The van der Waals surface area contributed by atoms with E-state index >= 15 is 0 Å². The van der Waals surface area contributed by atoms with Gasteiger partial charge in [0.1, 0.15) is 11.9 Å². The Morgan fingerprint density at radius 1 is 1.22 bits per heavy atom. The summed E-state index contributed by atoms with van der Waals surface area (Å²) in [5, 5.41) is 3.65. The number of hydrogen-bond donors (Lipinski definition) is 1. The number of aromatic nitrogens is 3. The third-order valence-electron chi connectivity index (χ3n) is 3.52. The van der Waals surface area contributed by atoms with Gasteiger partial charge in [-0.25, -0.2) is 4.98 Å². The third-order valence-corrected chi connectivity index (χ3v) is 3.77. The van der Waals surface area contributed by atoms with Crippen molar-refractivity contribution in [3.63, 3.8) is 0 Å². The molecule has 0 aliphatic carbocycles. The Balaban J connectivity index is 1.94. The van der Waals surface area contributed by atoms with Crippen molar-refractivity contribution in [2.45, 2.75) is 6.04 Å². The van der Waals surface area contributed by atoms with Crippen LogP contribution < -0.4 is 5.32 Å². The van der Waals surface area contributed by atoms with Crippen LogP contribution in [0.4, 0.5) is 0 Å². The molecule has 116 valence electrons. The van der Waals surface area contributed by atoms with E-state index in [0.29, 0.717) is 10.6 Å². The lowest BCUT2D eigenvalue weighted by Gasteiger charge is -2.19. The maximum Gasteiger partial charge on any atom is 0.253 e. The lowest BCUT2D eigenvalue weighted by Crippen LogP contribution is -2.31. The fraction of sp³-hybridized carbons (Fsp3) is 0.118. The highest BCUT2D eigenvalue weighted by Gasteiger charge is 2.21. The van der Waals surface area contributed by atoms with Gasteiger partial charge in [-0.3, -0.25) is 9.78 Å². The predicted molar refractivity (Wildman–Crippen MR) is 88.2 cm³/mol. The van der Waals surface area contributed by atoms with Crippen LogP contribution in [0.3, 0.4) is 0 Å². The summed E-state index contributed by atoms with van der Waals surface area (Å²) in [5.74, 6) is 0.533. The quantitative estimate of drug-likeness (QED) is 0.801. The van der Waals surface area contributed by atoms with Crippen molar-refractivity contribution in [2.75, 3.05) is 0 Å². The second kappa shape index (κ2) is 6.62. The molecule has 0 bridgehead atoms. The third kappa shape index (κ3) is 3.40. The van der Waals surface area contributed by atoms with Crippen molar-refractivity contribution in [3.05, 3.63) is 83.2 Å². The van der Waals surface area contributed by atoms with Crippen LogP contribution in [-0.2, 0) is 7.05 Å². The van der Waals surface area contributed by atoms with Gasteiger partial charge in [0.25, 0.3) is 5.91 Å². The molecule has 3 aromatic rings. The second-order valence-electron chi connectivity index (χ2n) is 5.10. The van der Waals surface area contributed by atoms with Gasteiger partial charge in [-0.1, -0.05) is 23.7 Å². The molecule has 23 heavy (non-hydrogen) atoms. The first-order valence-electron chi connectivity index (χ1n) is 7.09. The van der Waals surface area contributed by atoms with Crippen LogP contribution in [0.1, 0.15) is 27.8 Å². The molecule has 0 aliphatic heterocycles. The maximum absolute atomic E-state index is 12.5. The molecule has 0 spiro atoms. The van der Waals surface area contributed by atoms with E-state index in [0.717, 1.165) is 11.4 Å². The number of carbonyl (C=O) groups excluding carboxylic acids is 1. The summed E-state index contributed by atoms with van der Waals surface area (Å²) in [6, 6.07) is 10.4. The summed E-state index contributed by atoms with van der Waals surface area (Å²) >= 11 is 5.96. The van der Waals surface area contributed by atoms with Crippen LogP contribution in [0.5, 0.6) is 0 Å². The number of rotatable bonds is 4. The molecule has 0 unspecified atom stereocenters. The molecule has 6 heteroatoms. The van der Waals surface area contributed by atoms with Crippen molar-refractivity contribution in [1.29, 1.82) is 0 Å². The minimum absolute atomic E-state index is 0.207. The highest BCUT2D eigenvalue weighted by Crippen LogP contribution is 2.22. The van der Waals surface area contributed by atoms with E-state index in [1.807, 2.05) is 29.9 Å². The van der Waals surface area contributed by atoms with Crippen LogP contribution in [0.2, 0.25) is 5.02 Å². The lowest BCUT2D eigenvalue weighted by molar-refractivity contribution is 0.0941. The standard InChI is InChI=1S/C17H15ClN4O/c1-22-10-9-20-16(22)15(12-4-6-14(18)7-5-12)21-17(23)13-3-2-8-19-11-13/h2-11,15H,1H3,(H,21,23)/t15-/m0/s1. The van der Waals surface area contributed by atoms with Gasteiger partial charge in [-0.2, -0.15) is 0 Å². The van der Waals surface area contributed by atoms with Crippen molar-refractivity contribution < 1.29 is 4.79 Å². The number of aryl methyl sites for hydroxylation is 1. The summed E-state index contributed by atoms with van der Waals surface area (Å²) in [4.78, 5) is 20.8. The van der Waals surface area contributed by atoms with E-state index in [2.05, 4.69) is 15.3 Å². The van der Waals surface area contributed by atoms with E-state index in [1.165, 1.54) is 6.20 Å². The summed E-state index contributed by atoms with van der Waals surface area (Å²) < 4.78 is 1.88. The molecule has 0 saturated heterocycles. The van der Waals surface area contributed by atoms with Crippen molar-refractivity contribution in [2.24, 2.45) is 7.05 Å². The summed E-state index contributed by atoms with van der Waals surface area (Å²) in [6.07, 6.45) is 6.71. The number of halogens is 1. The summed E-state index contributed by atoms with van der Waals surface area (Å²) in [5.41, 5.74) is 1.40. The van der Waals surface area contributed by atoms with E-state index in [4.69, 9.17) is 11.6 Å². The van der Waals surface area contributed by atoms with E-state index < -0.39 is 0 Å². The van der Waals surface area contributed by atoms with Crippen LogP contribution in [0, 0.1) is 0 Å². The molecule has 2 aromatic heterocycles. The van der Waals surface area contributed by atoms with Crippen molar-refractivity contribution >= 4 is 17.5 Å². The average molecular weight is 327 g/mol. The zero-order chi connectivity index (χ0) is 16.2. The largest absolute Gasteiger partial charge is 0.338 e. The van der Waals surface area contributed by atoms with Gasteiger partial charge in [0.2, 0.25) is 0 Å². The Kier molecular flexibility index (Phi) is 4.39. The van der Waals surface area contributed by atoms with E-state index in [1.54, 1.807) is 36.7 Å². The Morgan fingerprint density at radius 3 is 2.61 bits per heavy atom. The lowest BCUT2D eigenvalue weighted by atomic mass is 10.1. The van der Waals surface area contributed by atoms with Gasteiger partial charge in [-0.15, -0.1) is 0 Å². The van der Waals surface area contributed by atoms with Crippen LogP contribution in [0.15, 0.2) is 61.2 Å². The molecule has 0 aliphatic rings. The second-order valence-corrected chi connectivity index (χ2v) is 5.53. The van der Waals surface area contributed by atoms with Crippen molar-refractivity contribution in [3.8, 4) is 0 Å². The number of nitrogens with zero attached hydrogens (tertiary/aromatic N) is 3. The Morgan fingerprint density at radius 2 is 2.00 bits per heavy atom. The molecule has 0 fully saturated rings. The topological polar surface area (TPSA) is 59.8 Å². The van der Waals surface area contributed by atoms with Crippen LogP contribution in [0.25, 0.3) is 0 Å². The van der Waals surface area contributed by atoms with Gasteiger partial charge in [-0.05, 0) is 29.8 Å². The van der Waals surface area contributed by atoms with Gasteiger partial charge in [0, 0.05) is 36.9 Å². The van der Waals surface area contributed by atoms with Crippen LogP contribution in [-0.4, -0.2) is 20.4 Å².